The molecular formula is C12H19N3O2. The second-order valence-electron chi connectivity index (χ2n) is 4.42. The van der Waals surface area contributed by atoms with Gasteiger partial charge in [-0.25, -0.2) is 4.98 Å². The molecular weight excluding hydrogens is 218 g/mol. The second kappa shape index (κ2) is 5.82. The van der Waals surface area contributed by atoms with Crippen LogP contribution in [-0.2, 0) is 17.8 Å². The van der Waals surface area contributed by atoms with Crippen molar-refractivity contribution < 1.29 is 9.21 Å². The van der Waals surface area contributed by atoms with Gasteiger partial charge in [0.15, 0.2) is 0 Å². The molecule has 94 valence electrons. The number of amides is 1. The predicted molar refractivity (Wildman–Crippen MR) is 63.3 cm³/mol. The smallest absolute Gasteiger partial charge is 0.233 e. The lowest BCUT2D eigenvalue weighted by molar-refractivity contribution is -0.120. The number of oxazole rings is 1. The number of nitrogens with one attached hydrogen (secondary N) is 2. The van der Waals surface area contributed by atoms with Crippen LogP contribution in [0.4, 0.5) is 0 Å². The lowest BCUT2D eigenvalue weighted by atomic mass is 10.4. The summed E-state index contributed by atoms with van der Waals surface area (Å²) in [6, 6.07) is 0. The quantitative estimate of drug-likeness (QED) is 0.738. The Hall–Kier alpha value is -1.36. The summed E-state index contributed by atoms with van der Waals surface area (Å²) in [5.74, 6) is 2.27. The van der Waals surface area contributed by atoms with E-state index in [9.17, 15) is 4.79 Å². The van der Waals surface area contributed by atoms with Gasteiger partial charge in [-0.2, -0.15) is 0 Å². The fraction of sp³-hybridized carbons (Fsp3) is 0.667. The van der Waals surface area contributed by atoms with Crippen LogP contribution >= 0.6 is 0 Å². The van der Waals surface area contributed by atoms with E-state index in [4.69, 9.17) is 4.42 Å². The third-order valence-electron chi connectivity index (χ3n) is 2.80. The van der Waals surface area contributed by atoms with Gasteiger partial charge in [-0.1, -0.05) is 6.92 Å². The Kier molecular flexibility index (Phi) is 4.14. The van der Waals surface area contributed by atoms with Crippen molar-refractivity contribution in [1.82, 2.24) is 15.6 Å². The van der Waals surface area contributed by atoms with Crippen molar-refractivity contribution >= 4 is 5.91 Å². The van der Waals surface area contributed by atoms with Crippen LogP contribution in [0.5, 0.6) is 0 Å². The largest absolute Gasteiger partial charge is 0.444 e. The average Bonchev–Trinajstić information content (AvgIpc) is 3.05. The van der Waals surface area contributed by atoms with Crippen LogP contribution in [-0.4, -0.2) is 24.0 Å². The molecule has 1 saturated carbocycles. The molecule has 1 amide bonds. The normalized spacial score (nSPS) is 14.9. The zero-order valence-corrected chi connectivity index (χ0v) is 10.2. The van der Waals surface area contributed by atoms with Crippen LogP contribution in [0, 0.1) is 5.92 Å². The summed E-state index contributed by atoms with van der Waals surface area (Å²) in [7, 11) is 0. The number of aromatic nitrogens is 1. The first-order valence-electron chi connectivity index (χ1n) is 6.19. The third kappa shape index (κ3) is 4.19. The van der Waals surface area contributed by atoms with Crippen molar-refractivity contribution in [2.24, 2.45) is 5.92 Å². The molecule has 0 aromatic carbocycles. The zero-order valence-electron chi connectivity index (χ0n) is 10.2. The molecule has 0 radical (unpaired) electrons. The molecule has 1 aliphatic rings. The van der Waals surface area contributed by atoms with Crippen LogP contribution in [0.3, 0.4) is 0 Å². The van der Waals surface area contributed by atoms with Gasteiger partial charge in [0, 0.05) is 13.0 Å². The number of aryl methyl sites for hydroxylation is 1. The summed E-state index contributed by atoms with van der Waals surface area (Å²) >= 11 is 0. The molecule has 2 N–H and O–H groups in total. The van der Waals surface area contributed by atoms with Gasteiger partial charge in [-0.15, -0.1) is 0 Å². The molecule has 0 saturated heterocycles. The summed E-state index contributed by atoms with van der Waals surface area (Å²) in [5.41, 5.74) is 0. The molecule has 0 unspecified atom stereocenters. The molecule has 0 bridgehead atoms. The fourth-order valence-corrected chi connectivity index (χ4v) is 1.52. The lowest BCUT2D eigenvalue weighted by Crippen LogP contribution is -2.34. The molecule has 1 aromatic heterocycles. The van der Waals surface area contributed by atoms with Crippen LogP contribution < -0.4 is 10.6 Å². The topological polar surface area (TPSA) is 67.2 Å². The Morgan fingerprint density at radius 2 is 2.41 bits per heavy atom. The first-order chi connectivity index (χ1) is 8.28. The first kappa shape index (κ1) is 12.1. The predicted octanol–water partition coefficient (Wildman–Crippen LogP) is 0.853. The molecule has 1 heterocycles. The van der Waals surface area contributed by atoms with E-state index < -0.39 is 0 Å². The highest BCUT2D eigenvalue weighted by Gasteiger charge is 2.21. The van der Waals surface area contributed by atoms with Crippen molar-refractivity contribution in [2.75, 3.05) is 13.1 Å². The minimum Gasteiger partial charge on any atom is -0.444 e. The van der Waals surface area contributed by atoms with Crippen LogP contribution in [0.15, 0.2) is 10.6 Å². The van der Waals surface area contributed by atoms with E-state index in [0.29, 0.717) is 19.0 Å². The molecule has 1 fully saturated rings. The number of nitrogens with zero attached hydrogens (tertiary/aromatic N) is 1. The van der Waals surface area contributed by atoms with E-state index in [1.54, 1.807) is 6.20 Å². The molecule has 1 aromatic rings. The average molecular weight is 237 g/mol. The first-order valence-corrected chi connectivity index (χ1v) is 6.19. The summed E-state index contributed by atoms with van der Waals surface area (Å²) in [5, 5.41) is 5.91. The highest BCUT2D eigenvalue weighted by molar-refractivity contribution is 5.77. The Morgan fingerprint density at radius 3 is 3.06 bits per heavy atom. The maximum atomic E-state index is 11.4. The second-order valence-corrected chi connectivity index (χ2v) is 4.42. The van der Waals surface area contributed by atoms with E-state index in [2.05, 4.69) is 15.6 Å². The summed E-state index contributed by atoms with van der Waals surface area (Å²) in [4.78, 5) is 15.5. The van der Waals surface area contributed by atoms with Crippen LogP contribution in [0.2, 0.25) is 0 Å². The Morgan fingerprint density at radius 1 is 1.59 bits per heavy atom. The molecule has 0 aliphatic heterocycles. The van der Waals surface area contributed by atoms with E-state index in [0.717, 1.165) is 24.6 Å². The lowest BCUT2D eigenvalue weighted by Gasteiger charge is -2.04. The maximum Gasteiger partial charge on any atom is 0.233 e. The number of hydrogen-bond acceptors (Lipinski definition) is 4. The molecule has 1 aliphatic carbocycles. The Labute approximate surface area is 101 Å². The third-order valence-corrected chi connectivity index (χ3v) is 2.80. The van der Waals surface area contributed by atoms with Gasteiger partial charge >= 0.3 is 0 Å². The highest BCUT2D eigenvalue weighted by Crippen LogP contribution is 2.27. The standard InChI is InChI=1S/C12H19N3O2/c1-2-10-6-15-12(17-10)8-13-7-11(16)14-5-9-3-4-9/h6,9,13H,2-5,7-8H2,1H3,(H,14,16). The van der Waals surface area contributed by atoms with Crippen molar-refractivity contribution in [2.45, 2.75) is 32.7 Å². The molecule has 17 heavy (non-hydrogen) atoms. The molecule has 5 heteroatoms. The monoisotopic (exact) mass is 237 g/mol. The SMILES string of the molecule is CCc1cnc(CNCC(=O)NCC2CC2)o1. The highest BCUT2D eigenvalue weighted by atomic mass is 16.4. The minimum atomic E-state index is 0.0409. The summed E-state index contributed by atoms with van der Waals surface area (Å²) in [6.07, 6.45) is 5.08. The van der Waals surface area contributed by atoms with E-state index in [-0.39, 0.29) is 5.91 Å². The maximum absolute atomic E-state index is 11.4. The number of rotatable bonds is 7. The van der Waals surface area contributed by atoms with Gasteiger partial charge in [-0.05, 0) is 18.8 Å². The van der Waals surface area contributed by atoms with Gasteiger partial charge in [-0.3, -0.25) is 10.1 Å². The van der Waals surface area contributed by atoms with Gasteiger partial charge in [0.05, 0.1) is 19.3 Å². The fourth-order valence-electron chi connectivity index (χ4n) is 1.52. The van der Waals surface area contributed by atoms with Gasteiger partial charge in [0.2, 0.25) is 11.8 Å². The summed E-state index contributed by atoms with van der Waals surface area (Å²) in [6.45, 7) is 3.65. The van der Waals surface area contributed by atoms with E-state index >= 15 is 0 Å². The van der Waals surface area contributed by atoms with Crippen LogP contribution in [0.25, 0.3) is 0 Å². The molecule has 5 nitrogen and oxygen atoms in total. The number of carbonyl (C=O) groups is 1. The minimum absolute atomic E-state index is 0.0409. The number of hydrogen-bond donors (Lipinski definition) is 2. The zero-order chi connectivity index (χ0) is 12.1. The Bertz CT molecular complexity index is 372. The molecule has 2 rings (SSSR count). The van der Waals surface area contributed by atoms with E-state index in [1.807, 2.05) is 6.92 Å². The van der Waals surface area contributed by atoms with Crippen molar-refractivity contribution in [3.8, 4) is 0 Å². The van der Waals surface area contributed by atoms with Crippen LogP contribution in [0.1, 0.15) is 31.4 Å². The van der Waals surface area contributed by atoms with Crippen molar-refractivity contribution in [1.29, 1.82) is 0 Å². The van der Waals surface area contributed by atoms with Crippen molar-refractivity contribution in [3.05, 3.63) is 17.8 Å². The molecule has 0 spiro atoms. The number of carbonyl (C=O) groups excluding carboxylic acids is 1. The molecule has 0 atom stereocenters. The van der Waals surface area contributed by atoms with Gasteiger partial charge in [0.1, 0.15) is 5.76 Å². The van der Waals surface area contributed by atoms with E-state index in [1.165, 1.54) is 12.8 Å². The summed E-state index contributed by atoms with van der Waals surface area (Å²) < 4.78 is 5.42. The Balaban J connectivity index is 1.59. The van der Waals surface area contributed by atoms with Gasteiger partial charge in [0.25, 0.3) is 0 Å². The van der Waals surface area contributed by atoms with Crippen molar-refractivity contribution in [3.63, 3.8) is 0 Å². The van der Waals surface area contributed by atoms with Gasteiger partial charge < -0.3 is 9.73 Å².